The molecule has 0 atom stereocenters. The van der Waals surface area contributed by atoms with Crippen molar-refractivity contribution in [3.63, 3.8) is 0 Å². The van der Waals surface area contributed by atoms with Crippen molar-refractivity contribution in [2.75, 3.05) is 12.4 Å². The second kappa shape index (κ2) is 7.22. The Balaban J connectivity index is 1.53. The Kier molecular flexibility index (Phi) is 4.63. The average molecular weight is 365 g/mol. The number of thiophene rings is 1. The highest BCUT2D eigenvalue weighted by molar-refractivity contribution is 7.09. The number of rotatable bonds is 6. The Morgan fingerprint density at radius 2 is 2.00 bits per heavy atom. The molecule has 132 valence electrons. The van der Waals surface area contributed by atoms with E-state index in [1.54, 1.807) is 18.4 Å². The van der Waals surface area contributed by atoms with E-state index in [1.807, 2.05) is 42.5 Å². The molecule has 0 aliphatic heterocycles. The van der Waals surface area contributed by atoms with E-state index in [4.69, 9.17) is 9.15 Å². The van der Waals surface area contributed by atoms with Crippen LogP contribution in [0.1, 0.15) is 17.7 Å². The Hall–Kier alpha value is -2.79. The number of nitrogens with one attached hydrogen (secondary N) is 1. The number of para-hydroxylation sites is 1. The fraction of sp³-hybridized carbons (Fsp3) is 0.190. The minimum Gasteiger partial charge on any atom is -0.495 e. The maximum Gasteiger partial charge on any atom is 0.224 e. The van der Waals surface area contributed by atoms with Gasteiger partial charge in [-0.05, 0) is 36.4 Å². The van der Waals surface area contributed by atoms with Gasteiger partial charge in [0, 0.05) is 28.1 Å². The zero-order valence-corrected chi connectivity index (χ0v) is 15.3. The van der Waals surface area contributed by atoms with Crippen LogP contribution in [0.5, 0.6) is 5.75 Å². The number of hydrogen-bond donors (Lipinski definition) is 1. The van der Waals surface area contributed by atoms with E-state index in [-0.39, 0.29) is 5.91 Å². The SMILES string of the molecule is COc1cc2c(cc1NC(=O)CCCc1cccs1)oc1ccccc12. The summed E-state index contributed by atoms with van der Waals surface area (Å²) in [5.74, 6) is 0.617. The first-order chi connectivity index (χ1) is 12.7. The third-order valence-corrected chi connectivity index (χ3v) is 5.32. The number of aryl methyl sites for hydroxylation is 1. The van der Waals surface area contributed by atoms with Crippen molar-refractivity contribution in [3.8, 4) is 5.75 Å². The van der Waals surface area contributed by atoms with Crippen LogP contribution in [0, 0.1) is 0 Å². The van der Waals surface area contributed by atoms with Gasteiger partial charge in [0.05, 0.1) is 12.8 Å². The molecule has 1 N–H and O–H groups in total. The van der Waals surface area contributed by atoms with Gasteiger partial charge in [0.1, 0.15) is 16.9 Å². The Labute approximate surface area is 155 Å². The molecule has 5 heteroatoms. The summed E-state index contributed by atoms with van der Waals surface area (Å²) in [7, 11) is 1.61. The zero-order chi connectivity index (χ0) is 17.9. The Morgan fingerprint density at radius 3 is 2.81 bits per heavy atom. The van der Waals surface area contributed by atoms with Crippen molar-refractivity contribution in [2.45, 2.75) is 19.3 Å². The lowest BCUT2D eigenvalue weighted by Crippen LogP contribution is -2.12. The molecule has 0 saturated carbocycles. The van der Waals surface area contributed by atoms with Crippen LogP contribution in [0.15, 0.2) is 58.3 Å². The quantitative estimate of drug-likeness (QED) is 0.483. The number of amides is 1. The lowest BCUT2D eigenvalue weighted by atomic mass is 10.1. The predicted octanol–water partition coefficient (Wildman–Crippen LogP) is 5.62. The summed E-state index contributed by atoms with van der Waals surface area (Å²) >= 11 is 1.72. The Morgan fingerprint density at radius 1 is 1.12 bits per heavy atom. The number of carbonyl (C=O) groups excluding carboxylic acids is 1. The Bertz CT molecular complexity index is 1050. The van der Waals surface area contributed by atoms with E-state index in [0.29, 0.717) is 17.9 Å². The molecular formula is C21H19NO3S. The molecule has 0 radical (unpaired) electrons. The average Bonchev–Trinajstić information content (AvgIpc) is 3.28. The fourth-order valence-electron chi connectivity index (χ4n) is 3.11. The van der Waals surface area contributed by atoms with Gasteiger partial charge in [-0.1, -0.05) is 24.3 Å². The summed E-state index contributed by atoms with van der Waals surface area (Å²) in [6, 6.07) is 15.8. The van der Waals surface area contributed by atoms with E-state index in [2.05, 4.69) is 16.8 Å². The van der Waals surface area contributed by atoms with E-state index in [0.717, 1.165) is 34.8 Å². The molecule has 0 unspecified atom stereocenters. The van der Waals surface area contributed by atoms with Crippen molar-refractivity contribution in [1.82, 2.24) is 0 Å². The number of benzene rings is 2. The molecule has 4 rings (SSSR count). The number of ether oxygens (including phenoxy) is 1. The van der Waals surface area contributed by atoms with Gasteiger partial charge in [0.25, 0.3) is 0 Å². The van der Waals surface area contributed by atoms with Crippen LogP contribution in [0.25, 0.3) is 21.9 Å². The maximum absolute atomic E-state index is 12.3. The second-order valence-corrected chi connectivity index (χ2v) is 7.16. The van der Waals surface area contributed by atoms with Crippen molar-refractivity contribution >= 4 is 44.9 Å². The van der Waals surface area contributed by atoms with Gasteiger partial charge >= 0.3 is 0 Å². The largest absolute Gasteiger partial charge is 0.495 e. The van der Waals surface area contributed by atoms with Crippen molar-refractivity contribution in [1.29, 1.82) is 0 Å². The highest BCUT2D eigenvalue weighted by Crippen LogP contribution is 2.36. The van der Waals surface area contributed by atoms with Crippen LogP contribution >= 0.6 is 11.3 Å². The van der Waals surface area contributed by atoms with Crippen molar-refractivity contribution in [2.24, 2.45) is 0 Å². The van der Waals surface area contributed by atoms with E-state index in [9.17, 15) is 4.79 Å². The van der Waals surface area contributed by atoms with Gasteiger partial charge in [-0.2, -0.15) is 0 Å². The topological polar surface area (TPSA) is 51.5 Å². The molecule has 0 aliphatic carbocycles. The van der Waals surface area contributed by atoms with Gasteiger partial charge in [0.2, 0.25) is 5.91 Å². The maximum atomic E-state index is 12.3. The second-order valence-electron chi connectivity index (χ2n) is 6.13. The molecule has 1 amide bonds. The van der Waals surface area contributed by atoms with Crippen LogP contribution in [0.3, 0.4) is 0 Å². The van der Waals surface area contributed by atoms with Gasteiger partial charge in [0.15, 0.2) is 0 Å². The molecule has 4 nitrogen and oxygen atoms in total. The molecule has 26 heavy (non-hydrogen) atoms. The lowest BCUT2D eigenvalue weighted by Gasteiger charge is -2.10. The first-order valence-corrected chi connectivity index (χ1v) is 9.44. The van der Waals surface area contributed by atoms with E-state index >= 15 is 0 Å². The van der Waals surface area contributed by atoms with Crippen LogP contribution in [-0.4, -0.2) is 13.0 Å². The molecule has 2 aromatic carbocycles. The lowest BCUT2D eigenvalue weighted by molar-refractivity contribution is -0.116. The molecule has 0 spiro atoms. The van der Waals surface area contributed by atoms with Crippen LogP contribution < -0.4 is 10.1 Å². The minimum atomic E-state index is -0.0182. The molecular weight excluding hydrogens is 346 g/mol. The summed E-state index contributed by atoms with van der Waals surface area (Å²) in [6.45, 7) is 0. The van der Waals surface area contributed by atoms with Crippen molar-refractivity contribution < 1.29 is 13.9 Å². The number of furan rings is 1. The molecule has 2 aromatic heterocycles. The van der Waals surface area contributed by atoms with Gasteiger partial charge in [-0.3, -0.25) is 4.79 Å². The molecule has 4 aromatic rings. The predicted molar refractivity (Wildman–Crippen MR) is 106 cm³/mol. The fourth-order valence-corrected chi connectivity index (χ4v) is 3.86. The van der Waals surface area contributed by atoms with Crippen LogP contribution in [0.2, 0.25) is 0 Å². The van der Waals surface area contributed by atoms with Crippen molar-refractivity contribution in [3.05, 3.63) is 58.8 Å². The number of methoxy groups -OCH3 is 1. The molecule has 0 aliphatic rings. The third kappa shape index (κ3) is 3.30. The monoisotopic (exact) mass is 365 g/mol. The van der Waals surface area contributed by atoms with Gasteiger partial charge in [-0.25, -0.2) is 0 Å². The smallest absolute Gasteiger partial charge is 0.224 e. The highest BCUT2D eigenvalue weighted by atomic mass is 32.1. The summed E-state index contributed by atoms with van der Waals surface area (Å²) in [6.07, 6.45) is 2.21. The standard InChI is InChI=1S/C21H19NO3S/c1-24-20-12-16-15-8-2-3-9-18(15)25-19(16)13-17(20)22-21(23)10-4-6-14-7-5-11-26-14/h2-3,5,7-9,11-13H,4,6,10H2,1H3,(H,22,23). The molecule has 2 heterocycles. The first-order valence-electron chi connectivity index (χ1n) is 8.56. The van der Waals surface area contributed by atoms with Gasteiger partial charge < -0.3 is 14.5 Å². The number of carbonyl (C=O) groups is 1. The number of fused-ring (bicyclic) bond motifs is 3. The summed E-state index contributed by atoms with van der Waals surface area (Å²) in [5.41, 5.74) is 2.20. The summed E-state index contributed by atoms with van der Waals surface area (Å²) < 4.78 is 11.4. The molecule has 0 fully saturated rings. The molecule has 0 bridgehead atoms. The van der Waals surface area contributed by atoms with E-state index in [1.165, 1.54) is 4.88 Å². The van der Waals surface area contributed by atoms with Gasteiger partial charge in [-0.15, -0.1) is 11.3 Å². The number of anilines is 1. The normalized spacial score (nSPS) is 11.1. The highest BCUT2D eigenvalue weighted by Gasteiger charge is 2.14. The summed E-state index contributed by atoms with van der Waals surface area (Å²) in [5, 5.41) is 7.03. The van der Waals surface area contributed by atoms with E-state index < -0.39 is 0 Å². The minimum absolute atomic E-state index is 0.0182. The van der Waals surface area contributed by atoms with Crippen LogP contribution in [0.4, 0.5) is 5.69 Å². The third-order valence-electron chi connectivity index (χ3n) is 4.38. The zero-order valence-electron chi connectivity index (χ0n) is 14.5. The number of hydrogen-bond acceptors (Lipinski definition) is 4. The molecule has 0 saturated heterocycles. The summed E-state index contributed by atoms with van der Waals surface area (Å²) in [4.78, 5) is 13.6. The first kappa shape index (κ1) is 16.7. The van der Waals surface area contributed by atoms with Crippen LogP contribution in [-0.2, 0) is 11.2 Å².